The van der Waals surface area contributed by atoms with Gasteiger partial charge in [-0.3, -0.25) is 9.97 Å². The van der Waals surface area contributed by atoms with Crippen LogP contribution in [0.25, 0.3) is 0 Å². The molecule has 2 aromatic heterocycles. The molecule has 0 saturated carbocycles. The number of nitrogens with one attached hydrogen (secondary N) is 1. The van der Waals surface area contributed by atoms with Crippen LogP contribution in [0, 0.1) is 6.92 Å². The van der Waals surface area contributed by atoms with Gasteiger partial charge in [-0.1, -0.05) is 12.1 Å². The van der Waals surface area contributed by atoms with E-state index in [-0.39, 0.29) is 6.04 Å². The minimum atomic E-state index is 0.0138. The van der Waals surface area contributed by atoms with Crippen molar-refractivity contribution in [1.29, 1.82) is 0 Å². The van der Waals surface area contributed by atoms with E-state index in [2.05, 4.69) is 22.2 Å². The first-order valence-corrected chi connectivity index (χ1v) is 5.26. The van der Waals surface area contributed by atoms with Crippen LogP contribution < -0.4 is 5.32 Å². The fourth-order valence-corrected chi connectivity index (χ4v) is 1.60. The van der Waals surface area contributed by atoms with E-state index in [0.717, 1.165) is 11.4 Å². The minimum Gasteiger partial charge on any atom is -0.304 e. The molecule has 0 amide bonds. The van der Waals surface area contributed by atoms with Crippen molar-refractivity contribution in [3.05, 3.63) is 67.1 Å². The van der Waals surface area contributed by atoms with Gasteiger partial charge in [-0.05, 0) is 37.7 Å². The van der Waals surface area contributed by atoms with Crippen molar-refractivity contribution in [3.63, 3.8) is 0 Å². The fraction of sp³-hybridized carbons (Fsp3) is 0.154. The second-order valence-electron chi connectivity index (χ2n) is 3.40. The average Bonchev–Trinajstić information content (AvgIpc) is 2.38. The van der Waals surface area contributed by atoms with E-state index in [1.54, 1.807) is 12.4 Å². The molecule has 0 saturated heterocycles. The summed E-state index contributed by atoms with van der Waals surface area (Å²) in [5.74, 6) is 0. The molecule has 0 bridgehead atoms. The van der Waals surface area contributed by atoms with Crippen LogP contribution in [0.3, 0.4) is 0 Å². The quantitative estimate of drug-likeness (QED) is 0.842. The van der Waals surface area contributed by atoms with E-state index in [1.807, 2.05) is 36.4 Å². The summed E-state index contributed by atoms with van der Waals surface area (Å²) in [5, 5.41) is 3.28. The molecule has 0 aliphatic heterocycles. The molecule has 0 spiro atoms. The summed E-state index contributed by atoms with van der Waals surface area (Å²) in [6, 6.07) is 11.8. The third kappa shape index (κ3) is 2.44. The largest absolute Gasteiger partial charge is 0.304 e. The third-order valence-corrected chi connectivity index (χ3v) is 2.32. The van der Waals surface area contributed by atoms with Crippen LogP contribution in [0.4, 0.5) is 0 Å². The number of nitrogens with zero attached hydrogens (tertiary/aromatic N) is 2. The van der Waals surface area contributed by atoms with Gasteiger partial charge in [0.15, 0.2) is 0 Å². The molecule has 3 nitrogen and oxygen atoms in total. The van der Waals surface area contributed by atoms with E-state index >= 15 is 0 Å². The Balaban J connectivity index is 2.31. The van der Waals surface area contributed by atoms with Crippen LogP contribution >= 0.6 is 0 Å². The smallest absolute Gasteiger partial charge is 0.0925 e. The van der Waals surface area contributed by atoms with Crippen molar-refractivity contribution < 1.29 is 0 Å². The van der Waals surface area contributed by atoms with Gasteiger partial charge >= 0.3 is 0 Å². The molecule has 16 heavy (non-hydrogen) atoms. The topological polar surface area (TPSA) is 37.8 Å². The Bertz CT molecular complexity index is 374. The Morgan fingerprint density at radius 2 is 1.56 bits per heavy atom. The van der Waals surface area contributed by atoms with E-state index in [9.17, 15) is 0 Å². The maximum absolute atomic E-state index is 4.34. The standard InChI is InChI=1S/C13H14N3/c1-2-14-13(11-7-3-5-9-15-11)12-8-4-6-10-16-12/h3-10,13-14H,1-2H2. The summed E-state index contributed by atoms with van der Waals surface area (Å²) in [6.45, 7) is 4.45. The van der Waals surface area contributed by atoms with Crippen LogP contribution in [0.5, 0.6) is 0 Å². The summed E-state index contributed by atoms with van der Waals surface area (Å²) in [5.41, 5.74) is 1.93. The normalized spacial score (nSPS) is 10.6. The summed E-state index contributed by atoms with van der Waals surface area (Å²) < 4.78 is 0. The van der Waals surface area contributed by atoms with Crippen LogP contribution in [0.15, 0.2) is 48.8 Å². The van der Waals surface area contributed by atoms with Gasteiger partial charge in [0.25, 0.3) is 0 Å². The Labute approximate surface area is 95.6 Å². The molecular weight excluding hydrogens is 198 g/mol. The molecule has 2 aromatic rings. The Kier molecular flexibility index (Phi) is 3.62. The lowest BCUT2D eigenvalue weighted by Crippen LogP contribution is -2.23. The van der Waals surface area contributed by atoms with Crippen LogP contribution in [-0.2, 0) is 0 Å². The molecular formula is C13H14N3. The number of rotatable bonds is 4. The van der Waals surface area contributed by atoms with Gasteiger partial charge < -0.3 is 5.32 Å². The minimum absolute atomic E-state index is 0.0138. The SMILES string of the molecule is [CH2]CNC(c1ccccn1)c1ccccn1. The lowest BCUT2D eigenvalue weighted by molar-refractivity contribution is 0.618. The molecule has 0 unspecified atom stereocenters. The number of aromatic nitrogens is 2. The van der Waals surface area contributed by atoms with Gasteiger partial charge in [0.2, 0.25) is 0 Å². The molecule has 0 fully saturated rings. The van der Waals surface area contributed by atoms with E-state index in [1.165, 1.54) is 0 Å². The molecule has 3 heteroatoms. The monoisotopic (exact) mass is 212 g/mol. The van der Waals surface area contributed by atoms with Crippen LogP contribution in [0.2, 0.25) is 0 Å². The Morgan fingerprint density at radius 1 is 1.00 bits per heavy atom. The van der Waals surface area contributed by atoms with Crippen molar-refractivity contribution in [2.45, 2.75) is 6.04 Å². The van der Waals surface area contributed by atoms with Crippen LogP contribution in [-0.4, -0.2) is 16.5 Å². The first kappa shape index (κ1) is 10.8. The molecule has 1 N–H and O–H groups in total. The fourth-order valence-electron chi connectivity index (χ4n) is 1.60. The van der Waals surface area contributed by atoms with Crippen molar-refractivity contribution in [3.8, 4) is 0 Å². The van der Waals surface area contributed by atoms with Crippen molar-refractivity contribution in [2.24, 2.45) is 0 Å². The highest BCUT2D eigenvalue weighted by Gasteiger charge is 2.14. The van der Waals surface area contributed by atoms with Gasteiger partial charge in [-0.15, -0.1) is 0 Å². The molecule has 2 heterocycles. The highest BCUT2D eigenvalue weighted by Crippen LogP contribution is 2.17. The van der Waals surface area contributed by atoms with E-state index in [4.69, 9.17) is 0 Å². The average molecular weight is 212 g/mol. The predicted octanol–water partition coefficient (Wildman–Crippen LogP) is 1.99. The Hall–Kier alpha value is -1.74. The van der Waals surface area contributed by atoms with Gasteiger partial charge in [-0.2, -0.15) is 0 Å². The summed E-state index contributed by atoms with van der Waals surface area (Å²) in [7, 11) is 0. The van der Waals surface area contributed by atoms with Crippen molar-refractivity contribution >= 4 is 0 Å². The third-order valence-electron chi connectivity index (χ3n) is 2.32. The zero-order valence-corrected chi connectivity index (χ0v) is 9.00. The van der Waals surface area contributed by atoms with E-state index in [0.29, 0.717) is 6.54 Å². The second-order valence-corrected chi connectivity index (χ2v) is 3.40. The zero-order chi connectivity index (χ0) is 11.2. The summed E-state index contributed by atoms with van der Waals surface area (Å²) >= 11 is 0. The zero-order valence-electron chi connectivity index (χ0n) is 9.00. The maximum Gasteiger partial charge on any atom is 0.0925 e. The molecule has 0 aliphatic rings. The lowest BCUT2D eigenvalue weighted by atomic mass is 10.1. The van der Waals surface area contributed by atoms with Crippen molar-refractivity contribution in [1.82, 2.24) is 15.3 Å². The van der Waals surface area contributed by atoms with Gasteiger partial charge in [0, 0.05) is 12.4 Å². The molecule has 0 aromatic carbocycles. The van der Waals surface area contributed by atoms with Gasteiger partial charge in [0.1, 0.15) is 0 Å². The first-order valence-electron chi connectivity index (χ1n) is 5.26. The maximum atomic E-state index is 4.34. The van der Waals surface area contributed by atoms with Gasteiger partial charge in [0.05, 0.1) is 17.4 Å². The number of pyridine rings is 2. The highest BCUT2D eigenvalue weighted by molar-refractivity contribution is 5.21. The lowest BCUT2D eigenvalue weighted by Gasteiger charge is -2.16. The molecule has 81 valence electrons. The summed E-state index contributed by atoms with van der Waals surface area (Å²) in [6.07, 6.45) is 3.58. The Morgan fingerprint density at radius 3 is 1.94 bits per heavy atom. The van der Waals surface area contributed by atoms with E-state index < -0.39 is 0 Å². The molecule has 1 radical (unpaired) electrons. The number of hydrogen-bond donors (Lipinski definition) is 1. The first-order chi connectivity index (χ1) is 7.92. The predicted molar refractivity (Wildman–Crippen MR) is 63.7 cm³/mol. The van der Waals surface area contributed by atoms with Gasteiger partial charge in [-0.25, -0.2) is 0 Å². The molecule has 0 atom stereocenters. The van der Waals surface area contributed by atoms with Crippen LogP contribution in [0.1, 0.15) is 17.4 Å². The summed E-state index contributed by atoms with van der Waals surface area (Å²) in [4.78, 5) is 8.69. The molecule has 2 rings (SSSR count). The molecule has 0 aliphatic carbocycles. The highest BCUT2D eigenvalue weighted by atomic mass is 15.0. The number of hydrogen-bond acceptors (Lipinski definition) is 3. The second kappa shape index (κ2) is 5.37. The van der Waals surface area contributed by atoms with Crippen molar-refractivity contribution in [2.75, 3.05) is 6.54 Å².